The maximum atomic E-state index is 8.38. The van der Waals surface area contributed by atoms with Crippen LogP contribution in [0, 0.1) is 0 Å². The third-order valence-corrected chi connectivity index (χ3v) is 3.56. The summed E-state index contributed by atoms with van der Waals surface area (Å²) in [6.45, 7) is 0. The number of halogens is 1. The molecule has 1 heterocycles. The summed E-state index contributed by atoms with van der Waals surface area (Å²) in [6, 6.07) is 11.5. The molecule has 1 aromatic carbocycles. The van der Waals surface area contributed by atoms with Gasteiger partial charge in [-0.3, -0.25) is 10.7 Å². The Morgan fingerprint density at radius 2 is 2.05 bits per heavy atom. The lowest BCUT2D eigenvalue weighted by Gasteiger charge is -2.02. The Balaban J connectivity index is 1.92. The molecule has 6 heteroatoms. The van der Waals surface area contributed by atoms with Crippen LogP contribution in [0.3, 0.4) is 0 Å². The SMILES string of the molecule is ONC=Nc1ccc(SCc2ccc(Cl)cc2)nc1. The Kier molecular flexibility index (Phi) is 5.20. The highest BCUT2D eigenvalue weighted by molar-refractivity contribution is 7.98. The van der Waals surface area contributed by atoms with Crippen molar-refractivity contribution in [2.45, 2.75) is 10.8 Å². The fourth-order valence-corrected chi connectivity index (χ4v) is 2.30. The van der Waals surface area contributed by atoms with Crippen molar-refractivity contribution >= 4 is 35.4 Å². The average molecular weight is 294 g/mol. The van der Waals surface area contributed by atoms with Gasteiger partial charge in [-0.25, -0.2) is 9.98 Å². The highest BCUT2D eigenvalue weighted by atomic mass is 35.5. The van der Waals surface area contributed by atoms with Gasteiger partial charge in [-0.05, 0) is 29.8 Å². The third kappa shape index (κ3) is 4.55. The zero-order chi connectivity index (χ0) is 13.5. The van der Waals surface area contributed by atoms with Crippen molar-refractivity contribution in [2.75, 3.05) is 0 Å². The number of hydroxylamine groups is 1. The Bertz CT molecular complexity index is 543. The number of hydrogen-bond donors (Lipinski definition) is 2. The van der Waals surface area contributed by atoms with Gasteiger partial charge < -0.3 is 0 Å². The summed E-state index contributed by atoms with van der Waals surface area (Å²) in [6.07, 6.45) is 2.84. The first-order chi connectivity index (χ1) is 9.28. The van der Waals surface area contributed by atoms with E-state index in [1.54, 1.807) is 18.0 Å². The lowest BCUT2D eigenvalue weighted by molar-refractivity contribution is 0.240. The maximum Gasteiger partial charge on any atom is 0.113 e. The Morgan fingerprint density at radius 3 is 2.68 bits per heavy atom. The molecule has 0 aliphatic heterocycles. The maximum absolute atomic E-state index is 8.38. The number of nitrogens with zero attached hydrogens (tertiary/aromatic N) is 2. The number of hydrogen-bond acceptors (Lipinski definition) is 4. The Labute approximate surface area is 120 Å². The van der Waals surface area contributed by atoms with Crippen molar-refractivity contribution in [3.63, 3.8) is 0 Å². The summed E-state index contributed by atoms with van der Waals surface area (Å²) in [7, 11) is 0. The molecule has 0 saturated heterocycles. The van der Waals surface area contributed by atoms with E-state index >= 15 is 0 Å². The second-order valence-corrected chi connectivity index (χ2v) is 5.09. The first-order valence-electron chi connectivity index (χ1n) is 5.53. The van der Waals surface area contributed by atoms with Crippen LogP contribution < -0.4 is 5.48 Å². The van der Waals surface area contributed by atoms with Crippen LogP contribution in [0.15, 0.2) is 52.6 Å². The van der Waals surface area contributed by atoms with E-state index in [0.29, 0.717) is 5.69 Å². The lowest BCUT2D eigenvalue weighted by Crippen LogP contribution is -2.00. The van der Waals surface area contributed by atoms with Crippen molar-refractivity contribution in [3.8, 4) is 0 Å². The monoisotopic (exact) mass is 293 g/mol. The van der Waals surface area contributed by atoms with Gasteiger partial charge in [-0.1, -0.05) is 23.7 Å². The molecule has 19 heavy (non-hydrogen) atoms. The molecule has 0 spiro atoms. The van der Waals surface area contributed by atoms with Crippen molar-refractivity contribution in [1.29, 1.82) is 0 Å². The van der Waals surface area contributed by atoms with E-state index in [1.807, 2.05) is 41.9 Å². The normalized spacial score (nSPS) is 10.8. The van der Waals surface area contributed by atoms with Gasteiger partial charge in [-0.15, -0.1) is 11.8 Å². The zero-order valence-corrected chi connectivity index (χ0v) is 11.5. The number of aliphatic imine (C=N–C) groups is 1. The minimum absolute atomic E-state index is 0.678. The van der Waals surface area contributed by atoms with Crippen LogP contribution in [-0.4, -0.2) is 16.5 Å². The lowest BCUT2D eigenvalue weighted by atomic mass is 10.2. The quantitative estimate of drug-likeness (QED) is 0.382. The topological polar surface area (TPSA) is 57.5 Å². The number of benzene rings is 1. The molecule has 0 radical (unpaired) electrons. The Morgan fingerprint density at radius 1 is 1.26 bits per heavy atom. The molecule has 0 aliphatic carbocycles. The molecule has 2 rings (SSSR count). The third-order valence-electron chi connectivity index (χ3n) is 2.29. The molecule has 2 aromatic rings. The summed E-state index contributed by atoms with van der Waals surface area (Å²) in [5, 5.41) is 10.0. The largest absolute Gasteiger partial charge is 0.290 e. The summed E-state index contributed by atoms with van der Waals surface area (Å²) < 4.78 is 0. The van der Waals surface area contributed by atoms with Gasteiger partial charge in [0.15, 0.2) is 0 Å². The van der Waals surface area contributed by atoms with Gasteiger partial charge in [0, 0.05) is 10.8 Å². The van der Waals surface area contributed by atoms with Crippen LogP contribution in [-0.2, 0) is 5.75 Å². The van der Waals surface area contributed by atoms with Crippen molar-refractivity contribution in [1.82, 2.24) is 10.5 Å². The fraction of sp³-hybridized carbons (Fsp3) is 0.0769. The smallest absolute Gasteiger partial charge is 0.113 e. The van der Waals surface area contributed by atoms with Gasteiger partial charge >= 0.3 is 0 Å². The molecule has 4 nitrogen and oxygen atoms in total. The zero-order valence-electron chi connectivity index (χ0n) is 9.95. The summed E-state index contributed by atoms with van der Waals surface area (Å²) >= 11 is 7.47. The first kappa shape index (κ1) is 13.9. The summed E-state index contributed by atoms with van der Waals surface area (Å²) in [4.78, 5) is 8.20. The average Bonchev–Trinajstić information content (AvgIpc) is 2.46. The van der Waals surface area contributed by atoms with Gasteiger partial charge in [0.25, 0.3) is 0 Å². The van der Waals surface area contributed by atoms with Crippen LogP contribution in [0.2, 0.25) is 5.02 Å². The Hall–Kier alpha value is -1.56. The van der Waals surface area contributed by atoms with Gasteiger partial charge in [0.05, 0.1) is 16.9 Å². The molecule has 0 amide bonds. The minimum Gasteiger partial charge on any atom is -0.290 e. The summed E-state index contributed by atoms with van der Waals surface area (Å²) in [5.41, 5.74) is 3.72. The molecular formula is C13H12ClN3OS. The number of thioether (sulfide) groups is 1. The molecule has 0 atom stereocenters. The molecule has 1 aromatic heterocycles. The molecule has 0 aliphatic rings. The van der Waals surface area contributed by atoms with E-state index in [1.165, 1.54) is 11.9 Å². The van der Waals surface area contributed by atoms with E-state index in [0.717, 1.165) is 15.8 Å². The van der Waals surface area contributed by atoms with Crippen LogP contribution in [0.5, 0.6) is 0 Å². The van der Waals surface area contributed by atoms with Crippen molar-refractivity contribution in [2.24, 2.45) is 4.99 Å². The predicted molar refractivity (Wildman–Crippen MR) is 78.3 cm³/mol. The van der Waals surface area contributed by atoms with Crippen LogP contribution >= 0.6 is 23.4 Å². The van der Waals surface area contributed by atoms with Crippen LogP contribution in [0.4, 0.5) is 5.69 Å². The second kappa shape index (κ2) is 7.13. The number of pyridine rings is 1. The second-order valence-electron chi connectivity index (χ2n) is 3.66. The van der Waals surface area contributed by atoms with E-state index in [4.69, 9.17) is 16.8 Å². The minimum atomic E-state index is 0.678. The van der Waals surface area contributed by atoms with Crippen molar-refractivity contribution < 1.29 is 5.21 Å². The highest BCUT2D eigenvalue weighted by Crippen LogP contribution is 2.23. The number of rotatable bonds is 5. The fourth-order valence-electron chi connectivity index (χ4n) is 1.38. The molecule has 0 fully saturated rings. The molecule has 98 valence electrons. The molecule has 0 saturated carbocycles. The van der Waals surface area contributed by atoms with Crippen LogP contribution in [0.25, 0.3) is 0 Å². The predicted octanol–water partition coefficient (Wildman–Crippen LogP) is 3.67. The molecule has 0 bridgehead atoms. The molecule has 2 N–H and O–H groups in total. The molecule has 0 unspecified atom stereocenters. The standard InChI is InChI=1S/C13H12ClN3OS/c14-11-3-1-10(2-4-11)8-19-13-6-5-12(7-15-13)16-9-17-18/h1-7,9,18H,8H2,(H,16,17). The van der Waals surface area contributed by atoms with Crippen molar-refractivity contribution in [3.05, 3.63) is 53.2 Å². The van der Waals surface area contributed by atoms with Crippen LogP contribution in [0.1, 0.15) is 5.56 Å². The number of aromatic nitrogens is 1. The number of nitrogens with one attached hydrogen (secondary N) is 1. The van der Waals surface area contributed by atoms with E-state index in [2.05, 4.69) is 9.98 Å². The van der Waals surface area contributed by atoms with E-state index in [9.17, 15) is 0 Å². The van der Waals surface area contributed by atoms with E-state index < -0.39 is 0 Å². The van der Waals surface area contributed by atoms with Gasteiger partial charge in [0.1, 0.15) is 6.34 Å². The molecular weight excluding hydrogens is 282 g/mol. The van der Waals surface area contributed by atoms with E-state index in [-0.39, 0.29) is 0 Å². The van der Waals surface area contributed by atoms with Gasteiger partial charge in [-0.2, -0.15) is 0 Å². The summed E-state index contributed by atoms with van der Waals surface area (Å²) in [5.74, 6) is 0.838. The first-order valence-corrected chi connectivity index (χ1v) is 6.90. The van der Waals surface area contributed by atoms with Gasteiger partial charge in [0.2, 0.25) is 0 Å². The highest BCUT2D eigenvalue weighted by Gasteiger charge is 1.98.